The molecule has 116 valence electrons. The van der Waals surface area contributed by atoms with Gasteiger partial charge in [0.15, 0.2) is 6.10 Å². The third kappa shape index (κ3) is 4.71. The number of hydrogen-bond acceptors (Lipinski definition) is 3. The first-order chi connectivity index (χ1) is 9.66. The number of carbonyl (C=O) groups is 2. The molecule has 0 radical (unpaired) electrons. The van der Waals surface area contributed by atoms with Crippen LogP contribution in [-0.2, 0) is 15.7 Å². The summed E-state index contributed by atoms with van der Waals surface area (Å²) >= 11 is 2.90. The highest BCUT2D eigenvalue weighted by Crippen LogP contribution is 2.33. The fourth-order valence-corrected chi connectivity index (χ4v) is 1.86. The van der Waals surface area contributed by atoms with Crippen molar-refractivity contribution < 1.29 is 32.6 Å². The fourth-order valence-electron chi connectivity index (χ4n) is 1.50. The van der Waals surface area contributed by atoms with Crippen molar-refractivity contribution in [2.24, 2.45) is 0 Å². The van der Waals surface area contributed by atoms with E-state index in [-0.39, 0.29) is 4.47 Å². The quantitative estimate of drug-likeness (QED) is 0.834. The van der Waals surface area contributed by atoms with Crippen molar-refractivity contribution in [1.29, 1.82) is 0 Å². The van der Waals surface area contributed by atoms with Gasteiger partial charge in [0.2, 0.25) is 0 Å². The number of carboxylic acids is 1. The van der Waals surface area contributed by atoms with Gasteiger partial charge in [0.25, 0.3) is 5.91 Å². The van der Waals surface area contributed by atoms with Gasteiger partial charge in [-0.25, -0.2) is 4.79 Å². The predicted octanol–water partition coefficient (Wildman–Crippen LogP) is 2.30. The Bertz CT molecular complexity index is 548. The number of alkyl halides is 3. The molecule has 9 heteroatoms. The van der Waals surface area contributed by atoms with E-state index in [4.69, 9.17) is 5.11 Å². The zero-order chi connectivity index (χ0) is 16.2. The van der Waals surface area contributed by atoms with E-state index in [0.29, 0.717) is 0 Å². The molecule has 1 atom stereocenters. The van der Waals surface area contributed by atoms with Crippen molar-refractivity contribution in [3.8, 4) is 0 Å². The van der Waals surface area contributed by atoms with E-state index >= 15 is 0 Å². The standard InChI is InChI=1S/C12H11BrF3NO4/c1-21-9(11(19)20)5-17-10(18)7-3-2-6(13)4-8(7)12(14,15)16/h2-4,9H,5H2,1H3,(H,17,18)(H,19,20). The Morgan fingerprint density at radius 3 is 2.52 bits per heavy atom. The summed E-state index contributed by atoms with van der Waals surface area (Å²) in [4.78, 5) is 22.5. The van der Waals surface area contributed by atoms with Gasteiger partial charge in [-0.2, -0.15) is 13.2 Å². The topological polar surface area (TPSA) is 75.6 Å². The van der Waals surface area contributed by atoms with Gasteiger partial charge in [-0.3, -0.25) is 4.79 Å². The van der Waals surface area contributed by atoms with Crippen LogP contribution < -0.4 is 5.32 Å². The first kappa shape index (κ1) is 17.4. The molecule has 1 aromatic carbocycles. The van der Waals surface area contributed by atoms with Crippen molar-refractivity contribution in [2.75, 3.05) is 13.7 Å². The second kappa shape index (κ2) is 6.90. The number of ether oxygens (including phenoxy) is 1. The van der Waals surface area contributed by atoms with E-state index in [9.17, 15) is 22.8 Å². The normalized spacial score (nSPS) is 12.8. The lowest BCUT2D eigenvalue weighted by Crippen LogP contribution is -2.38. The molecule has 0 heterocycles. The summed E-state index contributed by atoms with van der Waals surface area (Å²) in [6, 6.07) is 3.07. The lowest BCUT2D eigenvalue weighted by atomic mass is 10.1. The van der Waals surface area contributed by atoms with Gasteiger partial charge in [-0.05, 0) is 18.2 Å². The predicted molar refractivity (Wildman–Crippen MR) is 69.9 cm³/mol. The van der Waals surface area contributed by atoms with Crippen LogP contribution in [0.15, 0.2) is 22.7 Å². The van der Waals surface area contributed by atoms with Crippen LogP contribution >= 0.6 is 15.9 Å². The number of hydrogen-bond donors (Lipinski definition) is 2. The van der Waals surface area contributed by atoms with Gasteiger partial charge < -0.3 is 15.2 Å². The molecule has 1 amide bonds. The van der Waals surface area contributed by atoms with Gasteiger partial charge in [0.05, 0.1) is 17.7 Å². The summed E-state index contributed by atoms with van der Waals surface area (Å²) in [6.45, 7) is -0.446. The van der Waals surface area contributed by atoms with Crippen molar-refractivity contribution >= 4 is 27.8 Å². The molecule has 1 rings (SSSR count). The number of rotatable bonds is 5. The molecule has 1 unspecified atom stereocenters. The van der Waals surface area contributed by atoms with Gasteiger partial charge in [0.1, 0.15) is 0 Å². The minimum Gasteiger partial charge on any atom is -0.479 e. The highest BCUT2D eigenvalue weighted by atomic mass is 79.9. The molecular weight excluding hydrogens is 359 g/mol. The Morgan fingerprint density at radius 1 is 1.43 bits per heavy atom. The van der Waals surface area contributed by atoms with Crippen molar-refractivity contribution in [2.45, 2.75) is 12.3 Å². The number of methoxy groups -OCH3 is 1. The number of nitrogens with one attached hydrogen (secondary N) is 1. The van der Waals surface area contributed by atoms with Gasteiger partial charge in [0, 0.05) is 11.6 Å². The minimum absolute atomic E-state index is 0.173. The highest BCUT2D eigenvalue weighted by molar-refractivity contribution is 9.10. The summed E-state index contributed by atoms with van der Waals surface area (Å²) in [5.74, 6) is -2.36. The molecule has 1 aromatic rings. The monoisotopic (exact) mass is 369 g/mol. The van der Waals surface area contributed by atoms with E-state index < -0.39 is 41.8 Å². The summed E-state index contributed by atoms with van der Waals surface area (Å²) in [7, 11) is 1.12. The second-order valence-electron chi connectivity index (χ2n) is 3.96. The number of aliphatic carboxylic acids is 1. The molecule has 0 bridgehead atoms. The Labute approximate surface area is 126 Å². The van der Waals surface area contributed by atoms with Crippen molar-refractivity contribution in [3.05, 3.63) is 33.8 Å². The van der Waals surface area contributed by atoms with E-state index in [1.54, 1.807) is 0 Å². The Morgan fingerprint density at radius 2 is 2.05 bits per heavy atom. The third-order valence-electron chi connectivity index (χ3n) is 2.54. The molecule has 0 aromatic heterocycles. The second-order valence-corrected chi connectivity index (χ2v) is 4.88. The first-order valence-corrected chi connectivity index (χ1v) is 6.36. The molecular formula is C12H11BrF3NO4. The maximum Gasteiger partial charge on any atom is 0.417 e. The fraction of sp³-hybridized carbons (Fsp3) is 0.333. The summed E-state index contributed by atoms with van der Waals surface area (Å²) in [5, 5.41) is 10.8. The Kier molecular flexibility index (Phi) is 5.73. The van der Waals surface area contributed by atoms with Gasteiger partial charge in [-0.1, -0.05) is 15.9 Å². The van der Waals surface area contributed by atoms with Crippen molar-refractivity contribution in [3.63, 3.8) is 0 Å². The van der Waals surface area contributed by atoms with Crippen LogP contribution in [0.4, 0.5) is 13.2 Å². The Hall–Kier alpha value is -1.61. The SMILES string of the molecule is COC(CNC(=O)c1ccc(Br)cc1C(F)(F)F)C(=O)O. The molecule has 0 saturated heterocycles. The van der Waals surface area contributed by atoms with Gasteiger partial charge >= 0.3 is 12.1 Å². The summed E-state index contributed by atoms with van der Waals surface area (Å²) < 4.78 is 43.3. The summed E-state index contributed by atoms with van der Waals surface area (Å²) in [5.41, 5.74) is -1.70. The maximum absolute atomic E-state index is 12.9. The average molecular weight is 370 g/mol. The van der Waals surface area contributed by atoms with Crippen LogP contribution in [-0.4, -0.2) is 36.7 Å². The molecule has 0 saturated carbocycles. The van der Waals surface area contributed by atoms with Crippen LogP contribution in [0.25, 0.3) is 0 Å². The minimum atomic E-state index is -4.70. The van der Waals surface area contributed by atoms with Crippen LogP contribution in [0.5, 0.6) is 0 Å². The molecule has 5 nitrogen and oxygen atoms in total. The average Bonchev–Trinajstić information content (AvgIpc) is 2.37. The third-order valence-corrected chi connectivity index (χ3v) is 3.03. The number of halogens is 4. The van der Waals surface area contributed by atoms with Crippen LogP contribution in [0, 0.1) is 0 Å². The number of amides is 1. The van der Waals surface area contributed by atoms with E-state index in [1.165, 1.54) is 6.07 Å². The lowest BCUT2D eigenvalue weighted by molar-refractivity contribution is -0.148. The maximum atomic E-state index is 12.9. The molecule has 0 fully saturated rings. The molecule has 0 spiro atoms. The summed E-state index contributed by atoms with van der Waals surface area (Å²) in [6.07, 6.45) is -6.04. The van der Waals surface area contributed by atoms with E-state index in [1.807, 2.05) is 0 Å². The highest BCUT2D eigenvalue weighted by Gasteiger charge is 2.35. The zero-order valence-corrected chi connectivity index (χ0v) is 12.3. The van der Waals surface area contributed by atoms with Gasteiger partial charge in [-0.15, -0.1) is 0 Å². The molecule has 0 aliphatic rings. The van der Waals surface area contributed by atoms with Crippen LogP contribution in [0.2, 0.25) is 0 Å². The van der Waals surface area contributed by atoms with Crippen molar-refractivity contribution in [1.82, 2.24) is 5.32 Å². The Balaban J connectivity index is 2.95. The zero-order valence-electron chi connectivity index (χ0n) is 10.7. The first-order valence-electron chi connectivity index (χ1n) is 5.57. The molecule has 0 aliphatic carbocycles. The number of benzene rings is 1. The molecule has 21 heavy (non-hydrogen) atoms. The van der Waals surface area contributed by atoms with Crippen LogP contribution in [0.1, 0.15) is 15.9 Å². The largest absolute Gasteiger partial charge is 0.479 e. The van der Waals surface area contributed by atoms with E-state index in [2.05, 4.69) is 26.0 Å². The van der Waals surface area contributed by atoms with Crippen LogP contribution in [0.3, 0.4) is 0 Å². The molecule has 0 aliphatic heterocycles. The lowest BCUT2D eigenvalue weighted by Gasteiger charge is -2.15. The molecule has 2 N–H and O–H groups in total. The van der Waals surface area contributed by atoms with E-state index in [0.717, 1.165) is 19.2 Å². The number of carboxylic acid groups (broad SMARTS) is 1. The smallest absolute Gasteiger partial charge is 0.417 e. The number of carbonyl (C=O) groups excluding carboxylic acids is 1.